The molecule has 0 aliphatic heterocycles. The molecule has 7 heteroatoms. The van der Waals surface area contributed by atoms with Crippen molar-refractivity contribution < 1.29 is 19.1 Å². The van der Waals surface area contributed by atoms with Crippen LogP contribution in [0, 0.1) is 0 Å². The zero-order valence-corrected chi connectivity index (χ0v) is 11.9. The Kier molecular flexibility index (Phi) is 5.60. The number of ether oxygens (including phenoxy) is 2. The van der Waals surface area contributed by atoms with E-state index in [1.807, 2.05) is 0 Å². The maximum absolute atomic E-state index is 11.2. The van der Waals surface area contributed by atoms with Crippen LogP contribution in [-0.4, -0.2) is 19.0 Å². The summed E-state index contributed by atoms with van der Waals surface area (Å²) in [5.74, 6) is -0.928. The van der Waals surface area contributed by atoms with E-state index in [1.165, 1.54) is 26.2 Å². The number of esters is 2. The maximum atomic E-state index is 11.2. The van der Waals surface area contributed by atoms with Crippen LogP contribution in [0.1, 0.15) is 24.9 Å². The quantitative estimate of drug-likeness (QED) is 0.683. The number of carbonyl (C=O) groups excluding carboxylic acids is 2. The van der Waals surface area contributed by atoms with Crippen molar-refractivity contribution in [2.45, 2.75) is 19.4 Å². The highest BCUT2D eigenvalue weighted by molar-refractivity contribution is 6.35. The van der Waals surface area contributed by atoms with Crippen molar-refractivity contribution in [3.05, 3.63) is 27.7 Å². The van der Waals surface area contributed by atoms with Crippen LogP contribution < -0.4 is 10.5 Å². The van der Waals surface area contributed by atoms with Gasteiger partial charge in [0.25, 0.3) is 0 Å². The minimum Gasteiger partial charge on any atom is -0.469 e. The molecule has 1 atom stereocenters. The van der Waals surface area contributed by atoms with Crippen LogP contribution >= 0.6 is 23.2 Å². The second kappa shape index (κ2) is 6.75. The fraction of sp³-hybridized carbons (Fsp3) is 0.333. The summed E-state index contributed by atoms with van der Waals surface area (Å²) < 4.78 is 9.54. The second-order valence-corrected chi connectivity index (χ2v) is 4.63. The van der Waals surface area contributed by atoms with Gasteiger partial charge in [-0.1, -0.05) is 23.2 Å². The van der Waals surface area contributed by atoms with Crippen molar-refractivity contribution >= 4 is 35.1 Å². The predicted molar refractivity (Wildman–Crippen MR) is 71.3 cm³/mol. The van der Waals surface area contributed by atoms with Gasteiger partial charge in [-0.15, -0.1) is 0 Å². The molecule has 2 N–H and O–H groups in total. The highest BCUT2D eigenvalue weighted by Gasteiger charge is 2.20. The van der Waals surface area contributed by atoms with Crippen LogP contribution in [0.2, 0.25) is 10.0 Å². The number of methoxy groups -OCH3 is 1. The zero-order chi connectivity index (χ0) is 14.6. The molecule has 1 rings (SSSR count). The minimum absolute atomic E-state index is 0.0819. The number of hydrogen-bond acceptors (Lipinski definition) is 5. The molecule has 19 heavy (non-hydrogen) atoms. The molecule has 0 radical (unpaired) electrons. The molecular formula is C12H13Cl2NO4. The number of halogens is 2. The summed E-state index contributed by atoms with van der Waals surface area (Å²) in [6.45, 7) is 1.24. The van der Waals surface area contributed by atoms with E-state index in [0.717, 1.165) is 0 Å². The number of rotatable bonds is 4. The van der Waals surface area contributed by atoms with E-state index in [1.54, 1.807) is 0 Å². The molecule has 1 aromatic carbocycles. The normalized spacial score (nSPS) is 11.8. The fourth-order valence-electron chi connectivity index (χ4n) is 1.48. The first-order valence-corrected chi connectivity index (χ1v) is 6.10. The molecule has 5 nitrogen and oxygen atoms in total. The third kappa shape index (κ3) is 4.38. The molecule has 0 aliphatic rings. The molecule has 0 spiro atoms. The Balaban J connectivity index is 3.15. The molecular weight excluding hydrogens is 293 g/mol. The van der Waals surface area contributed by atoms with Crippen molar-refractivity contribution in [3.8, 4) is 5.75 Å². The van der Waals surface area contributed by atoms with E-state index in [4.69, 9.17) is 33.7 Å². The Labute approximate surface area is 120 Å². The number of carbonyl (C=O) groups is 2. The second-order valence-electron chi connectivity index (χ2n) is 3.79. The van der Waals surface area contributed by atoms with Gasteiger partial charge in [-0.2, -0.15) is 0 Å². The van der Waals surface area contributed by atoms with Gasteiger partial charge in [-0.05, 0) is 12.1 Å². The summed E-state index contributed by atoms with van der Waals surface area (Å²) in [6, 6.07) is 2.19. The maximum Gasteiger partial charge on any atom is 0.308 e. The first kappa shape index (κ1) is 15.8. The minimum atomic E-state index is -0.738. The molecule has 0 fully saturated rings. The van der Waals surface area contributed by atoms with Crippen LogP contribution in [0.5, 0.6) is 5.75 Å². The van der Waals surface area contributed by atoms with Crippen LogP contribution in [0.4, 0.5) is 0 Å². The van der Waals surface area contributed by atoms with E-state index < -0.39 is 18.0 Å². The summed E-state index contributed by atoms with van der Waals surface area (Å²) in [7, 11) is 1.26. The molecule has 1 aromatic rings. The van der Waals surface area contributed by atoms with Gasteiger partial charge in [-0.3, -0.25) is 9.59 Å². The van der Waals surface area contributed by atoms with Crippen molar-refractivity contribution in [2.75, 3.05) is 7.11 Å². The molecule has 1 unspecified atom stereocenters. The van der Waals surface area contributed by atoms with E-state index in [-0.39, 0.29) is 17.2 Å². The molecule has 0 saturated heterocycles. The smallest absolute Gasteiger partial charge is 0.308 e. The Bertz CT molecular complexity index is 505. The Morgan fingerprint density at radius 1 is 1.37 bits per heavy atom. The topological polar surface area (TPSA) is 78.6 Å². The highest BCUT2D eigenvalue weighted by Crippen LogP contribution is 2.36. The monoisotopic (exact) mass is 305 g/mol. The Hall–Kier alpha value is -1.30. The van der Waals surface area contributed by atoms with E-state index in [0.29, 0.717) is 10.6 Å². The summed E-state index contributed by atoms with van der Waals surface area (Å²) in [4.78, 5) is 22.3. The van der Waals surface area contributed by atoms with Gasteiger partial charge in [0.05, 0.1) is 18.6 Å². The molecule has 0 aliphatic carbocycles. The molecule has 0 bridgehead atoms. The van der Waals surface area contributed by atoms with Crippen LogP contribution in [-0.2, 0) is 14.3 Å². The molecule has 104 valence electrons. The summed E-state index contributed by atoms with van der Waals surface area (Å²) in [6.07, 6.45) is -0.0819. The first-order valence-electron chi connectivity index (χ1n) is 5.35. The largest absolute Gasteiger partial charge is 0.469 e. The standard InChI is InChI=1S/C12H13Cl2NO4/c1-6(16)19-12-8(3-7(13)4-9(12)14)10(15)5-11(17)18-2/h3-4,10H,5,15H2,1-2H3. The third-order valence-corrected chi connectivity index (χ3v) is 2.80. The SMILES string of the molecule is COC(=O)CC(N)c1cc(Cl)cc(Cl)c1OC(C)=O. The van der Waals surface area contributed by atoms with Crippen molar-refractivity contribution in [3.63, 3.8) is 0 Å². The lowest BCUT2D eigenvalue weighted by Gasteiger charge is -2.16. The molecule has 0 saturated carbocycles. The average molecular weight is 306 g/mol. The predicted octanol–water partition coefficient (Wildman–Crippen LogP) is 2.48. The lowest BCUT2D eigenvalue weighted by molar-refractivity contribution is -0.141. The van der Waals surface area contributed by atoms with Crippen LogP contribution in [0.15, 0.2) is 12.1 Å². The first-order chi connectivity index (χ1) is 8.85. The van der Waals surface area contributed by atoms with Gasteiger partial charge < -0.3 is 15.2 Å². The van der Waals surface area contributed by atoms with Crippen molar-refractivity contribution in [1.29, 1.82) is 0 Å². The van der Waals surface area contributed by atoms with E-state index in [2.05, 4.69) is 4.74 Å². The van der Waals surface area contributed by atoms with Crippen molar-refractivity contribution in [2.24, 2.45) is 5.73 Å². The van der Waals surface area contributed by atoms with Crippen molar-refractivity contribution in [1.82, 2.24) is 0 Å². The van der Waals surface area contributed by atoms with Gasteiger partial charge in [0.2, 0.25) is 0 Å². The van der Waals surface area contributed by atoms with Crippen LogP contribution in [0.25, 0.3) is 0 Å². The lowest BCUT2D eigenvalue weighted by atomic mass is 10.0. The van der Waals surface area contributed by atoms with Gasteiger partial charge in [0.15, 0.2) is 5.75 Å². The van der Waals surface area contributed by atoms with Crippen LogP contribution in [0.3, 0.4) is 0 Å². The van der Waals surface area contributed by atoms with E-state index in [9.17, 15) is 9.59 Å². The summed E-state index contributed by atoms with van der Waals surface area (Å²) >= 11 is 11.8. The number of benzene rings is 1. The summed E-state index contributed by atoms with van der Waals surface area (Å²) in [5, 5.41) is 0.481. The molecule has 0 amide bonds. The van der Waals surface area contributed by atoms with Gasteiger partial charge >= 0.3 is 11.9 Å². The summed E-state index contributed by atoms with van der Waals surface area (Å²) in [5.41, 5.74) is 6.25. The third-order valence-electron chi connectivity index (χ3n) is 2.30. The van der Waals surface area contributed by atoms with E-state index >= 15 is 0 Å². The van der Waals surface area contributed by atoms with Gasteiger partial charge in [0.1, 0.15) is 0 Å². The van der Waals surface area contributed by atoms with Gasteiger partial charge in [0, 0.05) is 23.6 Å². The molecule has 0 heterocycles. The highest BCUT2D eigenvalue weighted by atomic mass is 35.5. The fourth-order valence-corrected chi connectivity index (χ4v) is 2.03. The lowest BCUT2D eigenvalue weighted by Crippen LogP contribution is -2.18. The van der Waals surface area contributed by atoms with Gasteiger partial charge in [-0.25, -0.2) is 0 Å². The number of hydrogen-bond donors (Lipinski definition) is 1. The Morgan fingerprint density at radius 2 is 2.00 bits per heavy atom. The zero-order valence-electron chi connectivity index (χ0n) is 10.4. The molecule has 0 aromatic heterocycles. The Morgan fingerprint density at radius 3 is 2.53 bits per heavy atom. The average Bonchev–Trinajstić information content (AvgIpc) is 2.31. The number of nitrogens with two attached hydrogens (primary N) is 1.